The predicted molar refractivity (Wildman–Crippen MR) is 41.2 cm³/mol. The van der Waals surface area contributed by atoms with E-state index < -0.39 is 5.91 Å². The van der Waals surface area contributed by atoms with Gasteiger partial charge >= 0.3 is 0 Å². The number of nitrogens with zero attached hydrogens (tertiary/aromatic N) is 2. The quantitative estimate of drug-likeness (QED) is 0.664. The van der Waals surface area contributed by atoms with Crippen molar-refractivity contribution in [1.29, 1.82) is 0 Å². The van der Waals surface area contributed by atoms with E-state index in [4.69, 9.17) is 5.73 Å². The van der Waals surface area contributed by atoms with E-state index in [1.54, 1.807) is 17.8 Å². The summed E-state index contributed by atoms with van der Waals surface area (Å²) in [6.07, 6.45) is 1.66. The van der Waals surface area contributed by atoms with Gasteiger partial charge < -0.3 is 5.73 Å². The van der Waals surface area contributed by atoms with Crippen molar-refractivity contribution >= 4 is 5.91 Å². The van der Waals surface area contributed by atoms with Gasteiger partial charge in [0.05, 0.1) is 11.3 Å². The maximum absolute atomic E-state index is 10.7. The summed E-state index contributed by atoms with van der Waals surface area (Å²) in [4.78, 5) is 10.7. The fourth-order valence-corrected chi connectivity index (χ4v) is 0.922. The fourth-order valence-electron chi connectivity index (χ4n) is 0.922. The van der Waals surface area contributed by atoms with Crippen LogP contribution in [0.15, 0.2) is 6.20 Å². The molecule has 1 heterocycles. The van der Waals surface area contributed by atoms with Crippen LogP contribution in [0.4, 0.5) is 0 Å². The first kappa shape index (κ1) is 7.78. The van der Waals surface area contributed by atoms with Crippen molar-refractivity contribution in [2.75, 3.05) is 0 Å². The molecule has 0 saturated carbocycles. The Morgan fingerprint density at radius 2 is 2.45 bits per heavy atom. The molecule has 1 amide bonds. The molecule has 4 heteroatoms. The molecule has 0 aliphatic rings. The predicted octanol–water partition coefficient (Wildman–Crippen LogP) is 0.310. The molecule has 2 N–H and O–H groups in total. The molecule has 0 bridgehead atoms. The normalized spacial score (nSPS) is 10.0. The van der Waals surface area contributed by atoms with E-state index in [0.29, 0.717) is 11.3 Å². The summed E-state index contributed by atoms with van der Waals surface area (Å²) >= 11 is 0. The highest BCUT2D eigenvalue weighted by Crippen LogP contribution is 2.03. The van der Waals surface area contributed by atoms with Crippen LogP contribution in [0.3, 0.4) is 0 Å². The van der Waals surface area contributed by atoms with Crippen molar-refractivity contribution < 1.29 is 4.79 Å². The van der Waals surface area contributed by atoms with Gasteiger partial charge in [0.15, 0.2) is 0 Å². The molecule has 0 atom stereocenters. The molecule has 11 heavy (non-hydrogen) atoms. The highest BCUT2D eigenvalue weighted by atomic mass is 16.1. The smallest absolute Gasteiger partial charge is 0.252 e. The molecule has 1 aromatic rings. The Morgan fingerprint density at radius 1 is 1.82 bits per heavy atom. The first-order chi connectivity index (χ1) is 5.15. The molecule has 0 unspecified atom stereocenters. The average molecular weight is 153 g/mol. The zero-order chi connectivity index (χ0) is 8.43. The Kier molecular flexibility index (Phi) is 1.94. The van der Waals surface area contributed by atoms with Gasteiger partial charge in [-0.15, -0.1) is 0 Å². The summed E-state index contributed by atoms with van der Waals surface area (Å²) in [6, 6.07) is 0. The topological polar surface area (TPSA) is 60.9 Å². The lowest BCUT2D eigenvalue weighted by molar-refractivity contribution is 0.0999. The second kappa shape index (κ2) is 2.74. The van der Waals surface area contributed by atoms with E-state index in [1.807, 2.05) is 6.92 Å². The van der Waals surface area contributed by atoms with Crippen LogP contribution < -0.4 is 5.73 Å². The third-order valence-electron chi connectivity index (χ3n) is 1.54. The third-order valence-corrected chi connectivity index (χ3v) is 1.54. The molecular formula is C7H11N3O. The van der Waals surface area contributed by atoms with Crippen molar-refractivity contribution in [1.82, 2.24) is 9.78 Å². The van der Waals surface area contributed by atoms with Crippen molar-refractivity contribution in [2.24, 2.45) is 5.73 Å². The molecular weight excluding hydrogens is 142 g/mol. The number of hydrogen-bond donors (Lipinski definition) is 1. The largest absolute Gasteiger partial charge is 0.365 e. The minimum atomic E-state index is -0.415. The van der Waals surface area contributed by atoms with Crippen molar-refractivity contribution in [3.05, 3.63) is 17.5 Å². The number of rotatable bonds is 2. The van der Waals surface area contributed by atoms with Crippen LogP contribution in [0.25, 0.3) is 0 Å². The number of aromatic nitrogens is 2. The van der Waals surface area contributed by atoms with Crippen LogP contribution in [0, 0.1) is 6.92 Å². The van der Waals surface area contributed by atoms with E-state index in [2.05, 4.69) is 5.10 Å². The van der Waals surface area contributed by atoms with E-state index >= 15 is 0 Å². The van der Waals surface area contributed by atoms with Gasteiger partial charge in [0.2, 0.25) is 0 Å². The lowest BCUT2D eigenvalue weighted by Gasteiger charge is -1.89. The first-order valence-electron chi connectivity index (χ1n) is 3.49. The SMILES string of the molecule is CCn1cc(C(N)=O)c(C)n1. The zero-order valence-electron chi connectivity index (χ0n) is 6.66. The minimum Gasteiger partial charge on any atom is -0.365 e. The van der Waals surface area contributed by atoms with Gasteiger partial charge in [-0.1, -0.05) is 0 Å². The Balaban J connectivity index is 3.07. The molecule has 0 saturated heterocycles. The van der Waals surface area contributed by atoms with Gasteiger partial charge in [-0.3, -0.25) is 9.48 Å². The number of aryl methyl sites for hydroxylation is 2. The van der Waals surface area contributed by atoms with Crippen molar-refractivity contribution in [3.8, 4) is 0 Å². The van der Waals surface area contributed by atoms with Crippen molar-refractivity contribution in [3.63, 3.8) is 0 Å². The Bertz CT molecular complexity index is 277. The van der Waals surface area contributed by atoms with Gasteiger partial charge in [0.1, 0.15) is 0 Å². The van der Waals surface area contributed by atoms with Gasteiger partial charge in [-0.2, -0.15) is 5.10 Å². The summed E-state index contributed by atoms with van der Waals surface area (Å²) in [7, 11) is 0. The van der Waals surface area contributed by atoms with Crippen LogP contribution in [-0.2, 0) is 6.54 Å². The second-order valence-electron chi connectivity index (χ2n) is 2.35. The maximum atomic E-state index is 10.7. The summed E-state index contributed by atoms with van der Waals surface area (Å²) < 4.78 is 1.69. The van der Waals surface area contributed by atoms with Crippen molar-refractivity contribution in [2.45, 2.75) is 20.4 Å². The number of carbonyl (C=O) groups is 1. The van der Waals surface area contributed by atoms with E-state index in [9.17, 15) is 4.79 Å². The Labute approximate surface area is 65.0 Å². The minimum absolute atomic E-state index is 0.415. The molecule has 0 spiro atoms. The lowest BCUT2D eigenvalue weighted by atomic mass is 10.2. The highest BCUT2D eigenvalue weighted by Gasteiger charge is 2.07. The highest BCUT2D eigenvalue weighted by molar-refractivity contribution is 5.93. The number of carbonyl (C=O) groups excluding carboxylic acids is 1. The van der Waals surface area contributed by atoms with Gasteiger partial charge in [-0.05, 0) is 13.8 Å². The molecule has 4 nitrogen and oxygen atoms in total. The number of nitrogens with two attached hydrogens (primary N) is 1. The van der Waals surface area contributed by atoms with Crippen LogP contribution in [-0.4, -0.2) is 15.7 Å². The third kappa shape index (κ3) is 1.39. The fraction of sp³-hybridized carbons (Fsp3) is 0.429. The first-order valence-corrected chi connectivity index (χ1v) is 3.49. The lowest BCUT2D eigenvalue weighted by Crippen LogP contribution is -2.11. The molecule has 0 fully saturated rings. The molecule has 0 radical (unpaired) electrons. The molecule has 60 valence electrons. The summed E-state index contributed by atoms with van der Waals surface area (Å²) in [5, 5.41) is 4.07. The molecule has 1 rings (SSSR count). The Morgan fingerprint density at radius 3 is 2.73 bits per heavy atom. The van der Waals surface area contributed by atoms with E-state index in [-0.39, 0.29) is 0 Å². The second-order valence-corrected chi connectivity index (χ2v) is 2.35. The van der Waals surface area contributed by atoms with E-state index in [0.717, 1.165) is 6.54 Å². The van der Waals surface area contributed by atoms with Crippen LogP contribution in [0.5, 0.6) is 0 Å². The standard InChI is InChI=1S/C7H11N3O/c1-3-10-4-6(7(8)11)5(2)9-10/h4H,3H2,1-2H3,(H2,8,11). The molecule has 0 aliphatic heterocycles. The van der Waals surface area contributed by atoms with Gasteiger partial charge in [-0.25, -0.2) is 0 Å². The number of primary amides is 1. The monoisotopic (exact) mass is 153 g/mol. The van der Waals surface area contributed by atoms with Crippen LogP contribution >= 0.6 is 0 Å². The summed E-state index contributed by atoms with van der Waals surface area (Å²) in [6.45, 7) is 4.48. The summed E-state index contributed by atoms with van der Waals surface area (Å²) in [5.41, 5.74) is 6.29. The molecule has 0 aliphatic carbocycles. The Hall–Kier alpha value is -1.32. The zero-order valence-corrected chi connectivity index (χ0v) is 6.66. The van der Waals surface area contributed by atoms with Gasteiger partial charge in [0, 0.05) is 12.7 Å². The van der Waals surface area contributed by atoms with E-state index in [1.165, 1.54) is 0 Å². The molecule has 1 aromatic heterocycles. The van der Waals surface area contributed by atoms with Crippen LogP contribution in [0.2, 0.25) is 0 Å². The molecule has 0 aromatic carbocycles. The summed E-state index contributed by atoms with van der Waals surface area (Å²) in [5.74, 6) is -0.415. The number of hydrogen-bond acceptors (Lipinski definition) is 2. The van der Waals surface area contributed by atoms with Gasteiger partial charge in [0.25, 0.3) is 5.91 Å². The van der Waals surface area contributed by atoms with Crippen LogP contribution in [0.1, 0.15) is 23.0 Å². The maximum Gasteiger partial charge on any atom is 0.252 e. The average Bonchev–Trinajstić information content (AvgIpc) is 2.30. The number of amides is 1.